The average molecular weight is 193 g/mol. The van der Waals surface area contributed by atoms with E-state index in [0.29, 0.717) is 12.2 Å². The molecule has 0 unspecified atom stereocenters. The molecule has 0 aliphatic rings. The molecule has 1 rings (SSSR count). The van der Waals surface area contributed by atoms with Crippen molar-refractivity contribution >= 4 is 6.29 Å². The fraction of sp³-hybridized carbons (Fsp3) is 0.500. The van der Waals surface area contributed by atoms with E-state index in [0.717, 1.165) is 31.2 Å². The van der Waals surface area contributed by atoms with Gasteiger partial charge in [0.05, 0.1) is 12.2 Å². The summed E-state index contributed by atoms with van der Waals surface area (Å²) < 4.78 is 1.73. The van der Waals surface area contributed by atoms with E-state index in [1.165, 1.54) is 0 Å². The van der Waals surface area contributed by atoms with Gasteiger partial charge in [0.1, 0.15) is 5.69 Å². The summed E-state index contributed by atoms with van der Waals surface area (Å²) in [4.78, 5) is 10.7. The second-order valence-electron chi connectivity index (χ2n) is 3.11. The molecule has 0 saturated carbocycles. The normalized spacial score (nSPS) is 10.1. The van der Waals surface area contributed by atoms with E-state index in [2.05, 4.69) is 23.8 Å². The van der Waals surface area contributed by atoms with Crippen LogP contribution in [-0.4, -0.2) is 21.3 Å². The molecule has 0 spiro atoms. The summed E-state index contributed by atoms with van der Waals surface area (Å²) in [6.45, 7) is 6.36. The molecule has 1 aromatic rings. The molecule has 0 aliphatic heterocycles. The van der Waals surface area contributed by atoms with Crippen molar-refractivity contribution in [3.8, 4) is 0 Å². The Labute approximate surface area is 83.6 Å². The number of rotatable bonds is 6. The highest BCUT2D eigenvalue weighted by molar-refractivity contribution is 5.73. The smallest absolute Gasteiger partial charge is 0.172 e. The van der Waals surface area contributed by atoms with Gasteiger partial charge < -0.3 is 0 Å². The number of hydrogen-bond donors (Lipinski definition) is 0. The summed E-state index contributed by atoms with van der Waals surface area (Å²) in [5.41, 5.74) is 1.38. The minimum Gasteiger partial charge on any atom is -0.296 e. The van der Waals surface area contributed by atoms with E-state index in [9.17, 15) is 4.79 Å². The molecule has 0 aliphatic carbocycles. The second-order valence-corrected chi connectivity index (χ2v) is 3.11. The summed E-state index contributed by atoms with van der Waals surface area (Å²) in [5, 5.41) is 7.70. The van der Waals surface area contributed by atoms with Crippen LogP contribution in [0.25, 0.3) is 0 Å². The molecule has 0 N–H and O–H groups in total. The van der Waals surface area contributed by atoms with Crippen LogP contribution in [0.4, 0.5) is 0 Å². The Morgan fingerprint density at radius 3 is 2.93 bits per heavy atom. The Bertz CT molecular complexity index is 317. The van der Waals surface area contributed by atoms with Crippen molar-refractivity contribution in [3.05, 3.63) is 24.0 Å². The maximum absolute atomic E-state index is 10.7. The highest BCUT2D eigenvalue weighted by Crippen LogP contribution is 2.07. The zero-order valence-electron chi connectivity index (χ0n) is 8.44. The lowest BCUT2D eigenvalue weighted by atomic mass is 10.2. The van der Waals surface area contributed by atoms with Gasteiger partial charge in [-0.2, -0.15) is 0 Å². The zero-order chi connectivity index (χ0) is 10.4. The Morgan fingerprint density at radius 1 is 1.57 bits per heavy atom. The quantitative estimate of drug-likeness (QED) is 0.509. The Hall–Kier alpha value is -1.45. The largest absolute Gasteiger partial charge is 0.296 e. The van der Waals surface area contributed by atoms with Crippen molar-refractivity contribution in [2.75, 3.05) is 0 Å². The lowest BCUT2D eigenvalue weighted by molar-refractivity contribution is 0.111. The van der Waals surface area contributed by atoms with Crippen LogP contribution in [0.15, 0.2) is 12.7 Å². The van der Waals surface area contributed by atoms with Crippen LogP contribution in [-0.2, 0) is 13.0 Å². The summed E-state index contributed by atoms with van der Waals surface area (Å²) in [7, 11) is 0. The third-order valence-electron chi connectivity index (χ3n) is 2.05. The maximum Gasteiger partial charge on any atom is 0.172 e. The molecule has 0 fully saturated rings. The number of hydrogen-bond acceptors (Lipinski definition) is 3. The monoisotopic (exact) mass is 193 g/mol. The van der Waals surface area contributed by atoms with Gasteiger partial charge in [-0.05, 0) is 12.8 Å². The first-order valence-electron chi connectivity index (χ1n) is 4.81. The number of aromatic nitrogens is 3. The first kappa shape index (κ1) is 10.6. The summed E-state index contributed by atoms with van der Waals surface area (Å²) in [6, 6.07) is 0. The molecule has 1 heterocycles. The molecule has 4 heteroatoms. The summed E-state index contributed by atoms with van der Waals surface area (Å²) in [6.07, 6.45) is 5.50. The van der Waals surface area contributed by atoms with E-state index in [1.807, 2.05) is 0 Å². The molecule has 0 saturated heterocycles. The van der Waals surface area contributed by atoms with Gasteiger partial charge in [-0.3, -0.25) is 4.79 Å². The number of carbonyl (C=O) groups is 1. The van der Waals surface area contributed by atoms with Crippen molar-refractivity contribution in [2.45, 2.75) is 32.7 Å². The molecule has 0 radical (unpaired) electrons. The van der Waals surface area contributed by atoms with Crippen LogP contribution in [0.3, 0.4) is 0 Å². The minimum atomic E-state index is 0.459. The first-order chi connectivity index (χ1) is 6.83. The number of allylic oxidation sites excluding steroid dienone is 1. The number of nitrogens with zero attached hydrogens (tertiary/aromatic N) is 3. The molecule has 1 aromatic heterocycles. The lowest BCUT2D eigenvalue weighted by Gasteiger charge is -2.02. The molecular weight excluding hydrogens is 178 g/mol. The van der Waals surface area contributed by atoms with Crippen LogP contribution in [0.2, 0.25) is 0 Å². The third-order valence-corrected chi connectivity index (χ3v) is 2.05. The lowest BCUT2D eigenvalue weighted by Crippen LogP contribution is -2.04. The number of carbonyl (C=O) groups excluding carboxylic acids is 1. The predicted molar refractivity (Wildman–Crippen MR) is 54.2 cm³/mol. The summed E-state index contributed by atoms with van der Waals surface area (Å²) >= 11 is 0. The van der Waals surface area contributed by atoms with Gasteiger partial charge in [-0.25, -0.2) is 4.68 Å². The SMILES string of the molecule is C=CCn1nnc(C=O)c1CCCC. The standard InChI is InChI=1S/C10H15N3O/c1-3-5-6-10-9(8-14)11-12-13(10)7-4-2/h4,8H,2-3,5-7H2,1H3. The minimum absolute atomic E-state index is 0.459. The highest BCUT2D eigenvalue weighted by atomic mass is 16.1. The molecule has 0 bridgehead atoms. The maximum atomic E-state index is 10.7. The molecular formula is C10H15N3O. The van der Waals surface area contributed by atoms with Crippen molar-refractivity contribution in [1.82, 2.24) is 15.0 Å². The van der Waals surface area contributed by atoms with Crippen molar-refractivity contribution in [3.63, 3.8) is 0 Å². The predicted octanol–water partition coefficient (Wildman–Crippen LogP) is 1.62. The van der Waals surface area contributed by atoms with Crippen molar-refractivity contribution < 1.29 is 4.79 Å². The molecule has 0 amide bonds. The van der Waals surface area contributed by atoms with Gasteiger partial charge in [0.15, 0.2) is 6.29 Å². The fourth-order valence-corrected chi connectivity index (χ4v) is 1.31. The van der Waals surface area contributed by atoms with Gasteiger partial charge in [0.2, 0.25) is 0 Å². The average Bonchev–Trinajstić information content (AvgIpc) is 2.58. The van der Waals surface area contributed by atoms with Gasteiger partial charge in [-0.1, -0.05) is 24.6 Å². The summed E-state index contributed by atoms with van der Waals surface area (Å²) in [5.74, 6) is 0. The van der Waals surface area contributed by atoms with Gasteiger partial charge in [0.25, 0.3) is 0 Å². The fourth-order valence-electron chi connectivity index (χ4n) is 1.31. The molecule has 4 nitrogen and oxygen atoms in total. The van der Waals surface area contributed by atoms with Crippen molar-refractivity contribution in [1.29, 1.82) is 0 Å². The number of aldehydes is 1. The van der Waals surface area contributed by atoms with Crippen LogP contribution in [0.5, 0.6) is 0 Å². The van der Waals surface area contributed by atoms with Gasteiger partial charge >= 0.3 is 0 Å². The van der Waals surface area contributed by atoms with E-state index >= 15 is 0 Å². The topological polar surface area (TPSA) is 47.8 Å². The van der Waals surface area contributed by atoms with Crippen LogP contribution in [0, 0.1) is 0 Å². The van der Waals surface area contributed by atoms with E-state index in [-0.39, 0.29) is 0 Å². The Kier molecular flexibility index (Phi) is 4.04. The van der Waals surface area contributed by atoms with Gasteiger partial charge in [-0.15, -0.1) is 11.7 Å². The third kappa shape index (κ3) is 2.28. The molecule has 0 aromatic carbocycles. The Balaban J connectivity index is 2.87. The highest BCUT2D eigenvalue weighted by Gasteiger charge is 2.09. The van der Waals surface area contributed by atoms with Crippen LogP contribution < -0.4 is 0 Å². The Morgan fingerprint density at radius 2 is 2.36 bits per heavy atom. The van der Waals surface area contributed by atoms with E-state index in [1.54, 1.807) is 10.8 Å². The molecule has 14 heavy (non-hydrogen) atoms. The molecule has 76 valence electrons. The van der Waals surface area contributed by atoms with E-state index < -0.39 is 0 Å². The van der Waals surface area contributed by atoms with Crippen LogP contribution in [0.1, 0.15) is 35.9 Å². The van der Waals surface area contributed by atoms with Crippen molar-refractivity contribution in [2.24, 2.45) is 0 Å². The zero-order valence-corrected chi connectivity index (χ0v) is 8.44. The van der Waals surface area contributed by atoms with Gasteiger partial charge in [0, 0.05) is 0 Å². The first-order valence-corrected chi connectivity index (χ1v) is 4.81. The van der Waals surface area contributed by atoms with Crippen LogP contribution >= 0.6 is 0 Å². The van der Waals surface area contributed by atoms with E-state index in [4.69, 9.17) is 0 Å². The number of unbranched alkanes of at least 4 members (excludes halogenated alkanes) is 1. The molecule has 0 atom stereocenters. The second kappa shape index (κ2) is 5.32.